The normalized spacial score (nSPS) is 39.7. The van der Waals surface area contributed by atoms with E-state index in [1.54, 1.807) is 35.1 Å². The molecule has 0 bridgehead atoms. The van der Waals surface area contributed by atoms with Crippen LogP contribution in [-0.2, 0) is 0 Å². The van der Waals surface area contributed by atoms with Crippen molar-refractivity contribution < 1.29 is 0 Å². The first kappa shape index (κ1) is 29.1. The van der Waals surface area contributed by atoms with Crippen LogP contribution < -0.4 is 0 Å². The molecule has 198 valence electrons. The summed E-state index contributed by atoms with van der Waals surface area (Å²) in [7, 11) is 0. The summed E-state index contributed by atoms with van der Waals surface area (Å²) < 4.78 is 0. The van der Waals surface area contributed by atoms with Crippen molar-refractivity contribution in [3.05, 3.63) is 0 Å². The molecule has 3 rings (SSSR count). The average Bonchev–Trinajstić information content (AvgIpc) is 2.73. The van der Waals surface area contributed by atoms with Crippen molar-refractivity contribution in [2.24, 2.45) is 71.0 Å². The molecule has 0 unspecified atom stereocenters. The van der Waals surface area contributed by atoms with Crippen LogP contribution in [0, 0.1) is 71.0 Å². The standard InChI is InChI=1S/3C11H21.Al/c3*1-8(2)11-6-5-9(3)7-10(11)4;/h3*8-11H,4-7H2,1-3H3;/t3*9-,10+,11+;/m000./s1. The molecule has 0 aromatic rings. The Kier molecular flexibility index (Phi) is 11.4. The Morgan fingerprint density at radius 3 is 0.971 bits per heavy atom. The summed E-state index contributed by atoms with van der Waals surface area (Å²) >= 11 is -0.774. The van der Waals surface area contributed by atoms with Gasteiger partial charge >= 0.3 is 0 Å². The van der Waals surface area contributed by atoms with Gasteiger partial charge in [0.05, 0.1) is 0 Å². The Bertz CT molecular complexity index is 498. The smallest absolute Gasteiger partial charge is 0.0907 e. The molecule has 3 aliphatic carbocycles. The van der Waals surface area contributed by atoms with E-state index in [-0.39, 0.29) is 0 Å². The summed E-state index contributed by atoms with van der Waals surface area (Å²) in [6.07, 6.45) is 13.7. The van der Waals surface area contributed by atoms with Crippen LogP contribution in [0.4, 0.5) is 0 Å². The molecule has 0 spiro atoms. The van der Waals surface area contributed by atoms with Gasteiger partial charge in [-0.2, -0.15) is 0 Å². The molecule has 0 amide bonds. The van der Waals surface area contributed by atoms with Crippen LogP contribution in [0.5, 0.6) is 0 Å². The minimum absolute atomic E-state index is 0.774. The van der Waals surface area contributed by atoms with Gasteiger partial charge in [0.2, 0.25) is 0 Å². The van der Waals surface area contributed by atoms with E-state index in [0.717, 1.165) is 71.0 Å². The van der Waals surface area contributed by atoms with Crippen LogP contribution >= 0.6 is 0 Å². The lowest BCUT2D eigenvalue weighted by atomic mass is 9.70. The quantitative estimate of drug-likeness (QED) is 0.284. The lowest BCUT2D eigenvalue weighted by Gasteiger charge is -2.43. The molecule has 3 saturated carbocycles. The van der Waals surface area contributed by atoms with Crippen LogP contribution in [-0.4, -0.2) is 14.1 Å². The summed E-state index contributed by atoms with van der Waals surface area (Å²) in [5.41, 5.74) is 0. The highest BCUT2D eigenvalue weighted by molar-refractivity contribution is 6.59. The van der Waals surface area contributed by atoms with Crippen LogP contribution in [0.1, 0.15) is 120 Å². The molecule has 0 N–H and O–H groups in total. The predicted molar refractivity (Wildman–Crippen MR) is 155 cm³/mol. The molecule has 3 aliphatic rings. The SMILES string of the molecule is CC(C)[C@H]1CC[C@H](C)C[C@H]1[CH2][Al]([CH2][C@@H]1C[C@@H](C)CC[C@@H]1C(C)C)[CH2][C@@H]1C[C@@H](C)CC[C@@H]1C(C)C. The number of hydrogen-bond acceptors (Lipinski definition) is 0. The van der Waals surface area contributed by atoms with Crippen molar-refractivity contribution in [1.82, 2.24) is 0 Å². The fourth-order valence-corrected chi connectivity index (χ4v) is 14.4. The van der Waals surface area contributed by atoms with Crippen LogP contribution in [0.2, 0.25) is 15.8 Å². The Hall–Kier alpha value is 0.532. The lowest BCUT2D eigenvalue weighted by Crippen LogP contribution is -2.37. The average molecular weight is 487 g/mol. The molecule has 34 heavy (non-hydrogen) atoms. The zero-order valence-electron chi connectivity index (χ0n) is 25.0. The van der Waals surface area contributed by atoms with Gasteiger partial charge in [-0.15, -0.1) is 0 Å². The van der Waals surface area contributed by atoms with Gasteiger partial charge in [-0.25, -0.2) is 0 Å². The molecule has 9 atom stereocenters. The monoisotopic (exact) mass is 486 g/mol. The minimum Gasteiger partial charge on any atom is -0.0907 e. The maximum Gasteiger partial charge on any atom is 0.262 e. The molecular formula is C33H63Al. The number of rotatable bonds is 9. The highest BCUT2D eigenvalue weighted by atomic mass is 27.2. The largest absolute Gasteiger partial charge is 0.262 e. The second-order valence-electron chi connectivity index (χ2n) is 15.3. The van der Waals surface area contributed by atoms with E-state index in [4.69, 9.17) is 0 Å². The number of hydrogen-bond donors (Lipinski definition) is 0. The van der Waals surface area contributed by atoms with Gasteiger partial charge in [0.1, 0.15) is 0 Å². The summed E-state index contributed by atoms with van der Waals surface area (Å²) in [6.45, 7) is 22.9. The van der Waals surface area contributed by atoms with Crippen molar-refractivity contribution in [2.75, 3.05) is 0 Å². The summed E-state index contributed by atoms with van der Waals surface area (Å²) in [4.78, 5) is 0. The van der Waals surface area contributed by atoms with E-state index < -0.39 is 14.1 Å². The first-order valence-corrected chi connectivity index (χ1v) is 18.5. The van der Waals surface area contributed by atoms with Crippen molar-refractivity contribution >= 4 is 14.1 Å². The van der Waals surface area contributed by atoms with E-state index in [2.05, 4.69) is 62.3 Å². The van der Waals surface area contributed by atoms with Gasteiger partial charge in [0, 0.05) is 0 Å². The van der Waals surface area contributed by atoms with E-state index in [1.807, 2.05) is 0 Å². The van der Waals surface area contributed by atoms with Gasteiger partial charge in [0.15, 0.2) is 0 Å². The van der Waals surface area contributed by atoms with Crippen LogP contribution in [0.15, 0.2) is 0 Å². The molecule has 0 saturated heterocycles. The Balaban J connectivity index is 1.81. The minimum atomic E-state index is -0.774. The second-order valence-corrected chi connectivity index (χ2v) is 18.5. The van der Waals surface area contributed by atoms with E-state index >= 15 is 0 Å². The molecule has 0 nitrogen and oxygen atoms in total. The van der Waals surface area contributed by atoms with Gasteiger partial charge in [-0.1, -0.05) is 97.4 Å². The maximum absolute atomic E-state index is 2.56. The predicted octanol–water partition coefficient (Wildman–Crippen LogP) is 10.6. The third kappa shape index (κ3) is 8.01. The van der Waals surface area contributed by atoms with Crippen molar-refractivity contribution in [1.29, 1.82) is 0 Å². The Morgan fingerprint density at radius 1 is 0.471 bits per heavy atom. The Morgan fingerprint density at radius 2 is 0.735 bits per heavy atom. The molecule has 0 radical (unpaired) electrons. The van der Waals surface area contributed by atoms with Gasteiger partial charge in [0.25, 0.3) is 14.1 Å². The van der Waals surface area contributed by atoms with Gasteiger partial charge in [-0.3, -0.25) is 0 Å². The fourth-order valence-electron chi connectivity index (χ4n) is 9.59. The third-order valence-electron chi connectivity index (χ3n) is 11.4. The van der Waals surface area contributed by atoms with Crippen molar-refractivity contribution in [3.8, 4) is 0 Å². The van der Waals surface area contributed by atoms with Gasteiger partial charge < -0.3 is 0 Å². The first-order chi connectivity index (χ1) is 16.0. The molecule has 0 heterocycles. The van der Waals surface area contributed by atoms with Crippen molar-refractivity contribution in [3.63, 3.8) is 0 Å². The zero-order valence-corrected chi connectivity index (χ0v) is 26.1. The van der Waals surface area contributed by atoms with E-state index in [1.165, 1.54) is 38.5 Å². The molecule has 1 heteroatoms. The summed E-state index contributed by atoms with van der Waals surface area (Å²) in [5.74, 6) is 11.8. The molecule has 3 fully saturated rings. The van der Waals surface area contributed by atoms with Crippen LogP contribution in [0.25, 0.3) is 0 Å². The first-order valence-electron chi connectivity index (χ1n) is 16.0. The molecular weight excluding hydrogens is 423 g/mol. The summed E-state index contributed by atoms with van der Waals surface area (Å²) in [6, 6.07) is 0. The second kappa shape index (κ2) is 13.4. The zero-order chi connectivity index (χ0) is 25.0. The van der Waals surface area contributed by atoms with E-state index in [9.17, 15) is 0 Å². The fraction of sp³-hybridized carbons (Fsp3) is 1.00. The van der Waals surface area contributed by atoms with E-state index in [0.29, 0.717) is 0 Å². The van der Waals surface area contributed by atoms with Gasteiger partial charge in [-0.05, 0) is 110 Å². The molecule has 0 aromatic carbocycles. The highest BCUT2D eigenvalue weighted by Gasteiger charge is 2.40. The van der Waals surface area contributed by atoms with Crippen molar-refractivity contribution in [2.45, 2.75) is 136 Å². The lowest BCUT2D eigenvalue weighted by molar-refractivity contribution is 0.144. The Labute approximate surface area is 220 Å². The molecule has 0 aliphatic heterocycles. The maximum atomic E-state index is 2.56. The topological polar surface area (TPSA) is 0 Å². The highest BCUT2D eigenvalue weighted by Crippen LogP contribution is 2.47. The molecule has 0 aromatic heterocycles. The van der Waals surface area contributed by atoms with Crippen LogP contribution in [0.3, 0.4) is 0 Å². The third-order valence-corrected chi connectivity index (χ3v) is 15.2. The summed E-state index contributed by atoms with van der Waals surface area (Å²) in [5, 5.41) is 5.08.